The molecule has 1 fully saturated rings. The van der Waals surface area contributed by atoms with Gasteiger partial charge < -0.3 is 19.0 Å². The number of rotatable bonds is 8. The van der Waals surface area contributed by atoms with Crippen LogP contribution >= 0.6 is 0 Å². The quantitative estimate of drug-likeness (QED) is 0.712. The van der Waals surface area contributed by atoms with Gasteiger partial charge in [0.25, 0.3) is 0 Å². The Morgan fingerprint density at radius 3 is 2.81 bits per heavy atom. The molecule has 1 aromatic carbocycles. The van der Waals surface area contributed by atoms with E-state index in [1.807, 2.05) is 49.9 Å². The molecule has 0 saturated carbocycles. The number of oxazole rings is 1. The Bertz CT molecular complexity index is 787. The lowest BCUT2D eigenvalue weighted by Crippen LogP contribution is -2.28. The molecule has 0 aliphatic carbocycles. The van der Waals surface area contributed by atoms with Crippen molar-refractivity contribution in [3.8, 4) is 17.2 Å². The summed E-state index contributed by atoms with van der Waals surface area (Å²) in [6, 6.07) is 7.80. The molecule has 3 rings (SSSR count). The number of carbonyl (C=O) groups excluding carboxylic acids is 1. The second kappa shape index (κ2) is 8.57. The molecule has 2 aromatic rings. The molecular weight excluding hydrogens is 342 g/mol. The fourth-order valence-electron chi connectivity index (χ4n) is 3.66. The monoisotopic (exact) mass is 371 g/mol. The first-order valence-electron chi connectivity index (χ1n) is 9.66. The standard InChI is InChI=1S/C21H29N3O3/c1-5-24-13-16(11-20(24)25)12-23(4)14-18-15(3)27-21(22-18)17-9-7-8-10-19(17)26-6-2/h7-10,16H,5-6,11-14H2,1-4H3. The summed E-state index contributed by atoms with van der Waals surface area (Å²) in [4.78, 5) is 20.8. The van der Waals surface area contributed by atoms with E-state index < -0.39 is 0 Å². The molecule has 27 heavy (non-hydrogen) atoms. The Kier molecular flexibility index (Phi) is 6.16. The van der Waals surface area contributed by atoms with Crippen LogP contribution in [0.3, 0.4) is 0 Å². The first kappa shape index (κ1) is 19.4. The highest BCUT2D eigenvalue weighted by Crippen LogP contribution is 2.31. The van der Waals surface area contributed by atoms with Gasteiger partial charge in [-0.2, -0.15) is 0 Å². The van der Waals surface area contributed by atoms with Gasteiger partial charge in [0, 0.05) is 32.6 Å². The smallest absolute Gasteiger partial charge is 0.230 e. The molecule has 0 bridgehead atoms. The van der Waals surface area contributed by atoms with Crippen molar-refractivity contribution in [2.75, 3.05) is 33.3 Å². The minimum absolute atomic E-state index is 0.267. The van der Waals surface area contributed by atoms with Crippen molar-refractivity contribution in [2.45, 2.75) is 33.7 Å². The average Bonchev–Trinajstić information content (AvgIpc) is 3.18. The van der Waals surface area contributed by atoms with Gasteiger partial charge in [-0.3, -0.25) is 4.79 Å². The summed E-state index contributed by atoms with van der Waals surface area (Å²) in [6.07, 6.45) is 0.642. The molecule has 1 aliphatic heterocycles. The normalized spacial score (nSPS) is 17.1. The van der Waals surface area contributed by atoms with Crippen molar-refractivity contribution >= 4 is 5.91 Å². The lowest BCUT2D eigenvalue weighted by molar-refractivity contribution is -0.127. The van der Waals surface area contributed by atoms with Crippen molar-refractivity contribution in [1.82, 2.24) is 14.8 Å². The number of aryl methyl sites for hydroxylation is 1. The molecule has 1 amide bonds. The number of carbonyl (C=O) groups is 1. The van der Waals surface area contributed by atoms with Crippen LogP contribution in [-0.2, 0) is 11.3 Å². The first-order chi connectivity index (χ1) is 13.0. The Balaban J connectivity index is 1.68. The fourth-order valence-corrected chi connectivity index (χ4v) is 3.66. The van der Waals surface area contributed by atoms with Gasteiger partial charge in [0.1, 0.15) is 11.5 Å². The molecule has 0 radical (unpaired) electrons. The largest absolute Gasteiger partial charge is 0.493 e. The van der Waals surface area contributed by atoms with Crippen LogP contribution in [-0.4, -0.2) is 54.0 Å². The Hall–Kier alpha value is -2.34. The fraction of sp³-hybridized carbons (Fsp3) is 0.524. The number of likely N-dealkylation sites (tertiary alicyclic amines) is 1. The maximum Gasteiger partial charge on any atom is 0.230 e. The number of hydrogen-bond acceptors (Lipinski definition) is 5. The van der Waals surface area contributed by atoms with Gasteiger partial charge in [0.15, 0.2) is 0 Å². The molecule has 1 aromatic heterocycles. The lowest BCUT2D eigenvalue weighted by Gasteiger charge is -2.20. The maximum atomic E-state index is 11.9. The number of para-hydroxylation sites is 1. The SMILES string of the molecule is CCOc1ccccc1-c1nc(CN(C)CC2CC(=O)N(CC)C2)c(C)o1. The molecule has 6 nitrogen and oxygen atoms in total. The highest BCUT2D eigenvalue weighted by molar-refractivity contribution is 5.78. The third-order valence-electron chi connectivity index (χ3n) is 4.98. The predicted octanol–water partition coefficient (Wildman–Crippen LogP) is 3.35. The van der Waals surface area contributed by atoms with Gasteiger partial charge in [-0.05, 0) is 45.9 Å². The number of nitrogens with zero attached hydrogens (tertiary/aromatic N) is 3. The van der Waals surface area contributed by atoms with Gasteiger partial charge in [0.2, 0.25) is 11.8 Å². The van der Waals surface area contributed by atoms with E-state index >= 15 is 0 Å². The van der Waals surface area contributed by atoms with E-state index in [9.17, 15) is 4.79 Å². The van der Waals surface area contributed by atoms with Crippen LogP contribution < -0.4 is 4.74 Å². The summed E-state index contributed by atoms with van der Waals surface area (Å²) in [6.45, 7) is 9.76. The van der Waals surface area contributed by atoms with Crippen molar-refractivity contribution in [1.29, 1.82) is 0 Å². The van der Waals surface area contributed by atoms with Crippen LogP contribution in [0.4, 0.5) is 0 Å². The van der Waals surface area contributed by atoms with Crippen LogP contribution in [0, 0.1) is 12.8 Å². The molecule has 146 valence electrons. The molecule has 1 aliphatic rings. The van der Waals surface area contributed by atoms with Crippen LogP contribution in [0.5, 0.6) is 5.75 Å². The van der Waals surface area contributed by atoms with Gasteiger partial charge in [-0.1, -0.05) is 12.1 Å². The molecule has 6 heteroatoms. The van der Waals surface area contributed by atoms with Gasteiger partial charge in [-0.25, -0.2) is 4.98 Å². The average molecular weight is 371 g/mol. The molecule has 0 spiro atoms. The van der Waals surface area contributed by atoms with Crippen molar-refractivity contribution in [2.24, 2.45) is 5.92 Å². The summed E-state index contributed by atoms with van der Waals surface area (Å²) in [7, 11) is 2.07. The van der Waals surface area contributed by atoms with E-state index in [1.54, 1.807) is 0 Å². The molecule has 0 N–H and O–H groups in total. The van der Waals surface area contributed by atoms with Crippen molar-refractivity contribution in [3.05, 3.63) is 35.7 Å². The highest BCUT2D eigenvalue weighted by Gasteiger charge is 2.29. The summed E-state index contributed by atoms with van der Waals surface area (Å²) < 4.78 is 11.6. The van der Waals surface area contributed by atoms with Gasteiger partial charge in [0.05, 0.1) is 17.9 Å². The summed E-state index contributed by atoms with van der Waals surface area (Å²) in [5.74, 6) is 2.84. The van der Waals surface area contributed by atoms with Crippen LogP contribution in [0.2, 0.25) is 0 Å². The zero-order valence-corrected chi connectivity index (χ0v) is 16.7. The molecule has 1 atom stereocenters. The first-order valence-corrected chi connectivity index (χ1v) is 9.66. The second-order valence-corrected chi connectivity index (χ2v) is 7.15. The van der Waals surface area contributed by atoms with E-state index in [4.69, 9.17) is 14.1 Å². The van der Waals surface area contributed by atoms with Crippen molar-refractivity contribution < 1.29 is 13.9 Å². The van der Waals surface area contributed by atoms with Crippen LogP contribution in [0.25, 0.3) is 11.5 Å². The van der Waals surface area contributed by atoms with Crippen LogP contribution in [0.15, 0.2) is 28.7 Å². The highest BCUT2D eigenvalue weighted by atomic mass is 16.5. The minimum atomic E-state index is 0.267. The zero-order chi connectivity index (χ0) is 19.4. The van der Waals surface area contributed by atoms with E-state index in [1.165, 1.54) is 0 Å². The third kappa shape index (κ3) is 4.50. The minimum Gasteiger partial charge on any atom is -0.493 e. The topological polar surface area (TPSA) is 58.8 Å². The number of ether oxygens (including phenoxy) is 1. The summed E-state index contributed by atoms with van der Waals surface area (Å²) in [5.41, 5.74) is 1.80. The number of benzene rings is 1. The van der Waals surface area contributed by atoms with E-state index in [0.29, 0.717) is 31.4 Å². The Morgan fingerprint density at radius 1 is 1.33 bits per heavy atom. The second-order valence-electron chi connectivity index (χ2n) is 7.15. The van der Waals surface area contributed by atoms with Crippen LogP contribution in [0.1, 0.15) is 31.7 Å². The van der Waals surface area contributed by atoms with Crippen molar-refractivity contribution in [3.63, 3.8) is 0 Å². The Labute approximate surface area is 161 Å². The molecule has 2 heterocycles. The maximum absolute atomic E-state index is 11.9. The van der Waals surface area contributed by atoms with Gasteiger partial charge in [-0.15, -0.1) is 0 Å². The van der Waals surface area contributed by atoms with E-state index in [2.05, 4.69) is 11.9 Å². The number of hydrogen-bond donors (Lipinski definition) is 0. The third-order valence-corrected chi connectivity index (χ3v) is 4.98. The lowest BCUT2D eigenvalue weighted by atomic mass is 10.1. The number of amides is 1. The number of aromatic nitrogens is 1. The zero-order valence-electron chi connectivity index (χ0n) is 16.7. The predicted molar refractivity (Wildman–Crippen MR) is 105 cm³/mol. The molecular formula is C21H29N3O3. The summed E-state index contributed by atoms with van der Waals surface area (Å²) >= 11 is 0. The Morgan fingerprint density at radius 2 is 2.11 bits per heavy atom. The summed E-state index contributed by atoms with van der Waals surface area (Å²) in [5, 5.41) is 0. The van der Waals surface area contributed by atoms with E-state index in [-0.39, 0.29) is 5.91 Å². The molecule has 1 unspecified atom stereocenters. The molecule has 1 saturated heterocycles. The van der Waals surface area contributed by atoms with Gasteiger partial charge >= 0.3 is 0 Å². The van der Waals surface area contributed by atoms with E-state index in [0.717, 1.165) is 42.4 Å².